The third-order valence-corrected chi connectivity index (χ3v) is 6.75. The van der Waals surface area contributed by atoms with Crippen molar-refractivity contribution in [1.82, 2.24) is 10.3 Å². The van der Waals surface area contributed by atoms with Crippen LogP contribution in [0.1, 0.15) is 24.8 Å². The summed E-state index contributed by atoms with van der Waals surface area (Å²) in [6.45, 7) is 1.03. The van der Waals surface area contributed by atoms with Gasteiger partial charge in [-0.15, -0.1) is 0 Å². The third kappa shape index (κ3) is 8.41. The van der Waals surface area contributed by atoms with Crippen LogP contribution in [0.5, 0.6) is 5.75 Å². The van der Waals surface area contributed by atoms with Gasteiger partial charge in [0.05, 0.1) is 18.2 Å². The number of carbonyl (C=O) groups excluding carboxylic acids is 2. The Kier molecular flexibility index (Phi) is 9.36. The number of nitrogens with one attached hydrogen (secondary N) is 1. The number of hydrazone groups is 1. The van der Waals surface area contributed by atoms with E-state index in [1.165, 1.54) is 24.4 Å². The highest BCUT2D eigenvalue weighted by molar-refractivity contribution is 7.92. The molecule has 1 saturated heterocycles. The second-order valence-electron chi connectivity index (χ2n) is 7.99. The number of halogens is 2. The minimum atomic E-state index is -3.79. The largest absolute Gasteiger partial charge is 0.484 e. The number of benzene rings is 2. The number of anilines is 1. The molecule has 3 rings (SSSR count). The van der Waals surface area contributed by atoms with E-state index in [4.69, 9.17) is 27.9 Å². The summed E-state index contributed by atoms with van der Waals surface area (Å²) in [4.78, 5) is 26.3. The molecule has 0 aromatic heterocycles. The summed E-state index contributed by atoms with van der Waals surface area (Å²) in [5.41, 5.74) is 3.13. The van der Waals surface area contributed by atoms with Crippen molar-refractivity contribution in [2.24, 2.45) is 5.10 Å². The smallest absolute Gasteiger partial charge is 0.260 e. The van der Waals surface area contributed by atoms with Crippen LogP contribution in [0.25, 0.3) is 0 Å². The Hall–Kier alpha value is -2.82. The Morgan fingerprint density at radius 1 is 1.09 bits per heavy atom. The Morgan fingerprint density at radius 2 is 1.71 bits per heavy atom. The maximum Gasteiger partial charge on any atom is 0.260 e. The van der Waals surface area contributed by atoms with E-state index in [0.717, 1.165) is 42.9 Å². The van der Waals surface area contributed by atoms with Crippen LogP contribution in [-0.2, 0) is 19.6 Å². The lowest BCUT2D eigenvalue weighted by molar-refractivity contribution is -0.134. The average Bonchev–Trinajstić information content (AvgIpc) is 2.81. The number of ether oxygens (including phenoxy) is 1. The minimum Gasteiger partial charge on any atom is -0.484 e. The van der Waals surface area contributed by atoms with Crippen LogP contribution in [-0.4, -0.2) is 63.8 Å². The van der Waals surface area contributed by atoms with Gasteiger partial charge < -0.3 is 9.64 Å². The topological polar surface area (TPSA) is 108 Å². The first kappa shape index (κ1) is 26.8. The zero-order valence-electron chi connectivity index (χ0n) is 19.1. The molecule has 35 heavy (non-hydrogen) atoms. The van der Waals surface area contributed by atoms with Crippen molar-refractivity contribution in [2.75, 3.05) is 36.8 Å². The first-order chi connectivity index (χ1) is 16.6. The van der Waals surface area contributed by atoms with Crippen LogP contribution in [0.3, 0.4) is 0 Å². The van der Waals surface area contributed by atoms with Gasteiger partial charge in [0.2, 0.25) is 10.0 Å². The number of rotatable bonds is 9. The number of hydrogen-bond donors (Lipinski definition) is 1. The van der Waals surface area contributed by atoms with Gasteiger partial charge in [-0.2, -0.15) is 5.10 Å². The Morgan fingerprint density at radius 3 is 2.31 bits per heavy atom. The number of piperidine rings is 1. The van der Waals surface area contributed by atoms with Gasteiger partial charge in [-0.05, 0) is 67.3 Å². The predicted molar refractivity (Wildman–Crippen MR) is 137 cm³/mol. The van der Waals surface area contributed by atoms with Gasteiger partial charge in [0.15, 0.2) is 6.61 Å². The molecule has 0 aliphatic carbocycles. The van der Waals surface area contributed by atoms with Crippen molar-refractivity contribution < 1.29 is 22.7 Å². The fourth-order valence-electron chi connectivity index (χ4n) is 3.46. The second-order valence-corrected chi connectivity index (χ2v) is 10.8. The van der Waals surface area contributed by atoms with Crippen molar-refractivity contribution in [1.29, 1.82) is 0 Å². The molecule has 9 nitrogen and oxygen atoms in total. The highest BCUT2D eigenvalue weighted by atomic mass is 35.5. The molecule has 0 atom stereocenters. The van der Waals surface area contributed by atoms with Crippen LogP contribution in [0.2, 0.25) is 10.0 Å². The monoisotopic (exact) mass is 540 g/mol. The lowest BCUT2D eigenvalue weighted by Crippen LogP contribution is -2.39. The van der Waals surface area contributed by atoms with Crippen molar-refractivity contribution >= 4 is 56.9 Å². The normalized spacial score (nSPS) is 14.1. The van der Waals surface area contributed by atoms with Crippen molar-refractivity contribution in [3.05, 3.63) is 58.1 Å². The molecule has 0 radical (unpaired) electrons. The third-order valence-electron chi connectivity index (χ3n) is 5.18. The molecule has 12 heteroatoms. The fourth-order valence-corrected chi connectivity index (χ4v) is 4.81. The van der Waals surface area contributed by atoms with E-state index in [2.05, 4.69) is 10.5 Å². The van der Waals surface area contributed by atoms with Gasteiger partial charge in [-0.3, -0.25) is 13.9 Å². The van der Waals surface area contributed by atoms with Gasteiger partial charge in [-0.25, -0.2) is 13.8 Å². The van der Waals surface area contributed by atoms with Crippen LogP contribution in [0.15, 0.2) is 47.6 Å². The van der Waals surface area contributed by atoms with Crippen molar-refractivity contribution in [2.45, 2.75) is 19.3 Å². The van der Waals surface area contributed by atoms with Crippen LogP contribution < -0.4 is 14.5 Å². The average molecular weight is 541 g/mol. The molecular formula is C23H26Cl2N4O5S. The summed E-state index contributed by atoms with van der Waals surface area (Å²) in [5, 5.41) is 4.35. The molecule has 1 aliphatic heterocycles. The summed E-state index contributed by atoms with van der Waals surface area (Å²) >= 11 is 11.9. The summed E-state index contributed by atoms with van der Waals surface area (Å²) in [6.07, 6.45) is 5.58. The van der Waals surface area contributed by atoms with E-state index in [1.807, 2.05) is 4.90 Å². The van der Waals surface area contributed by atoms with E-state index < -0.39 is 22.5 Å². The van der Waals surface area contributed by atoms with Gasteiger partial charge in [0.1, 0.15) is 12.3 Å². The second kappa shape index (κ2) is 12.2. The van der Waals surface area contributed by atoms with Crippen LogP contribution in [0, 0.1) is 0 Å². The number of nitrogens with zero attached hydrogens (tertiary/aromatic N) is 3. The van der Waals surface area contributed by atoms with E-state index in [-0.39, 0.29) is 28.2 Å². The Balaban J connectivity index is 1.52. The SMILES string of the molecule is CS(=O)(=O)N(CC(=O)N/N=C\c1ccc(OCC(=O)N2CCCCC2)cc1)c1cc(Cl)cc(Cl)c1. The lowest BCUT2D eigenvalue weighted by Gasteiger charge is -2.26. The number of likely N-dealkylation sites (tertiary alicyclic amines) is 1. The number of carbonyl (C=O) groups is 2. The Bertz CT molecular complexity index is 1160. The van der Waals surface area contributed by atoms with Crippen LogP contribution in [0.4, 0.5) is 5.69 Å². The lowest BCUT2D eigenvalue weighted by atomic mass is 10.1. The zero-order chi connectivity index (χ0) is 25.4. The van der Waals surface area contributed by atoms with E-state index in [1.54, 1.807) is 24.3 Å². The van der Waals surface area contributed by atoms with E-state index >= 15 is 0 Å². The first-order valence-corrected chi connectivity index (χ1v) is 13.5. The maximum absolute atomic E-state index is 12.3. The van der Waals surface area contributed by atoms with Crippen molar-refractivity contribution in [3.8, 4) is 5.75 Å². The number of amides is 2. The standard InChI is InChI=1S/C23H26Cl2N4O5S/c1-35(32,33)29(20-12-18(24)11-19(25)13-20)15-22(30)27-26-14-17-5-7-21(8-6-17)34-16-23(31)28-9-3-2-4-10-28/h5-8,11-14H,2-4,9-10,15-16H2,1H3,(H,27,30)/b26-14-. The molecule has 0 bridgehead atoms. The summed E-state index contributed by atoms with van der Waals surface area (Å²) in [7, 11) is -3.79. The zero-order valence-corrected chi connectivity index (χ0v) is 21.4. The summed E-state index contributed by atoms with van der Waals surface area (Å²) in [5.74, 6) is -0.138. The quantitative estimate of drug-likeness (QED) is 0.387. The molecule has 2 aromatic rings. The summed E-state index contributed by atoms with van der Waals surface area (Å²) < 4.78 is 30.8. The molecule has 188 valence electrons. The van der Waals surface area contributed by atoms with E-state index in [9.17, 15) is 18.0 Å². The molecule has 1 N–H and O–H groups in total. The molecule has 1 aliphatic rings. The van der Waals surface area contributed by atoms with Gasteiger partial charge in [0.25, 0.3) is 11.8 Å². The van der Waals surface area contributed by atoms with E-state index in [0.29, 0.717) is 11.3 Å². The molecule has 2 aromatic carbocycles. The number of sulfonamides is 1. The molecule has 0 spiro atoms. The van der Waals surface area contributed by atoms with Gasteiger partial charge in [0, 0.05) is 23.1 Å². The highest BCUT2D eigenvalue weighted by Crippen LogP contribution is 2.26. The maximum atomic E-state index is 12.3. The molecule has 0 saturated carbocycles. The molecule has 1 heterocycles. The van der Waals surface area contributed by atoms with Gasteiger partial charge >= 0.3 is 0 Å². The van der Waals surface area contributed by atoms with Crippen molar-refractivity contribution in [3.63, 3.8) is 0 Å². The predicted octanol–water partition coefficient (Wildman–Crippen LogP) is 3.30. The summed E-state index contributed by atoms with van der Waals surface area (Å²) in [6, 6.07) is 11.1. The van der Waals surface area contributed by atoms with Gasteiger partial charge in [-0.1, -0.05) is 23.2 Å². The minimum absolute atomic E-state index is 0.0157. The molecule has 0 unspecified atom stereocenters. The Labute approximate surface area is 214 Å². The molecule has 1 fully saturated rings. The fraction of sp³-hybridized carbons (Fsp3) is 0.348. The molecule has 2 amide bonds. The number of hydrogen-bond acceptors (Lipinski definition) is 6. The first-order valence-electron chi connectivity index (χ1n) is 10.9. The molecular weight excluding hydrogens is 515 g/mol. The van der Waals surface area contributed by atoms with Crippen LogP contribution >= 0.6 is 23.2 Å². The highest BCUT2D eigenvalue weighted by Gasteiger charge is 2.21.